The van der Waals surface area contributed by atoms with Gasteiger partial charge in [-0.1, -0.05) is 50.8 Å². The Balaban J connectivity index is 0.00000222. The van der Waals surface area contributed by atoms with Crippen molar-refractivity contribution in [1.29, 1.82) is 0 Å². The molecule has 0 saturated carbocycles. The summed E-state index contributed by atoms with van der Waals surface area (Å²) in [5.74, 6) is 1.49. The number of carbonyl (C=O) groups excluding carboxylic acids is 1. The number of nitrogens with one attached hydrogen (secondary N) is 1. The number of rotatable bonds is 8. The number of benzene rings is 1. The zero-order chi connectivity index (χ0) is 26.7. The summed E-state index contributed by atoms with van der Waals surface area (Å²) < 4.78 is 0. The third-order valence-electron chi connectivity index (χ3n) is 5.63. The van der Waals surface area contributed by atoms with Gasteiger partial charge in [-0.2, -0.15) is 0 Å². The predicted molar refractivity (Wildman–Crippen MR) is 153 cm³/mol. The first-order valence-corrected chi connectivity index (χ1v) is 12.5. The summed E-state index contributed by atoms with van der Waals surface area (Å²) >= 11 is 0. The number of hydrogen-bond acceptors (Lipinski definition) is 6. The number of allylic oxidation sites excluding steroid dienone is 4. The summed E-state index contributed by atoms with van der Waals surface area (Å²) in [6.45, 7) is 13.0. The third-order valence-corrected chi connectivity index (χ3v) is 5.63. The summed E-state index contributed by atoms with van der Waals surface area (Å²) in [4.78, 5) is 29.7. The maximum Gasteiger partial charge on any atom is 0.217 e. The maximum absolute atomic E-state index is 11.6. The highest BCUT2D eigenvalue weighted by molar-refractivity contribution is 6.11. The number of aromatic nitrogens is 2. The Bertz CT molecular complexity index is 1130. The molecule has 0 bridgehead atoms. The molecule has 0 aliphatic carbocycles. The molecule has 1 fully saturated rings. The molecule has 2 heterocycles. The van der Waals surface area contributed by atoms with Crippen LogP contribution in [0.25, 0.3) is 22.5 Å². The fraction of sp³-hybridized carbons (Fsp3) is 0.379. The van der Waals surface area contributed by atoms with E-state index in [0.29, 0.717) is 12.4 Å². The molecule has 7 nitrogen and oxygen atoms in total. The van der Waals surface area contributed by atoms with Crippen LogP contribution < -0.4 is 10.2 Å². The molecule has 1 aliphatic rings. The van der Waals surface area contributed by atoms with Crippen LogP contribution in [-0.4, -0.2) is 67.3 Å². The lowest BCUT2D eigenvalue weighted by atomic mass is 10.0. The molecule has 0 spiro atoms. The van der Waals surface area contributed by atoms with Crippen LogP contribution in [0, 0.1) is 0 Å². The van der Waals surface area contributed by atoms with Crippen molar-refractivity contribution in [3.63, 3.8) is 0 Å². The van der Waals surface area contributed by atoms with Gasteiger partial charge in [-0.3, -0.25) is 9.79 Å². The van der Waals surface area contributed by atoms with Crippen molar-refractivity contribution in [3.8, 4) is 11.4 Å². The highest BCUT2D eigenvalue weighted by atomic mass is 16.1. The van der Waals surface area contributed by atoms with Gasteiger partial charge in [-0.05, 0) is 30.5 Å². The number of amides is 1. The molecule has 0 radical (unpaired) electrons. The van der Waals surface area contributed by atoms with E-state index in [0.717, 1.165) is 46.6 Å². The van der Waals surface area contributed by atoms with Crippen LogP contribution >= 0.6 is 0 Å². The van der Waals surface area contributed by atoms with Gasteiger partial charge < -0.3 is 15.1 Å². The Labute approximate surface area is 216 Å². The van der Waals surface area contributed by atoms with Crippen LogP contribution in [0.15, 0.2) is 60.4 Å². The lowest BCUT2D eigenvalue weighted by Crippen LogP contribution is -2.36. The Morgan fingerprint density at radius 1 is 1.28 bits per heavy atom. The van der Waals surface area contributed by atoms with Gasteiger partial charge >= 0.3 is 0 Å². The molecule has 2 aromatic rings. The van der Waals surface area contributed by atoms with Gasteiger partial charge in [0.25, 0.3) is 0 Å². The zero-order valence-electron chi connectivity index (χ0n) is 22.7. The second-order valence-electron chi connectivity index (χ2n) is 8.53. The molecular formula is C29H40N6O. The van der Waals surface area contributed by atoms with Crippen molar-refractivity contribution in [3.05, 3.63) is 66.5 Å². The van der Waals surface area contributed by atoms with E-state index in [1.807, 2.05) is 82.7 Å². The van der Waals surface area contributed by atoms with E-state index in [9.17, 15) is 4.79 Å². The van der Waals surface area contributed by atoms with Crippen molar-refractivity contribution < 1.29 is 4.79 Å². The molecule has 36 heavy (non-hydrogen) atoms. The van der Waals surface area contributed by atoms with Gasteiger partial charge in [0, 0.05) is 82.5 Å². The second kappa shape index (κ2) is 14.0. The van der Waals surface area contributed by atoms with Gasteiger partial charge in [0.1, 0.15) is 5.82 Å². The number of hydrogen-bond donors (Lipinski definition) is 1. The van der Waals surface area contributed by atoms with Crippen LogP contribution in [-0.2, 0) is 4.79 Å². The Kier molecular flexibility index (Phi) is 11.1. The highest BCUT2D eigenvalue weighted by Gasteiger charge is 2.27. The SMILES string of the molecule is C=C/C(=C\N(C)C)c1cccc(-c2ncc(/C(C=NC)=C/C)c(N3CCC(NC(C)=O)C3)n2)c1.CC. The molecule has 1 aromatic carbocycles. The molecule has 1 atom stereocenters. The average Bonchev–Trinajstić information content (AvgIpc) is 3.34. The zero-order valence-corrected chi connectivity index (χ0v) is 22.7. The van der Waals surface area contributed by atoms with Crippen LogP contribution in [0.1, 0.15) is 45.2 Å². The molecule has 7 heteroatoms. The number of nitrogens with zero attached hydrogens (tertiary/aromatic N) is 5. The van der Waals surface area contributed by atoms with Crippen molar-refractivity contribution in [1.82, 2.24) is 20.2 Å². The molecule has 192 valence electrons. The Morgan fingerprint density at radius 2 is 2.03 bits per heavy atom. The van der Waals surface area contributed by atoms with E-state index < -0.39 is 0 Å². The molecule has 3 rings (SSSR count). The number of carbonyl (C=O) groups is 1. The lowest BCUT2D eigenvalue weighted by Gasteiger charge is -2.22. The summed E-state index contributed by atoms with van der Waals surface area (Å²) in [5.41, 5.74) is 4.89. The van der Waals surface area contributed by atoms with Gasteiger partial charge in [-0.15, -0.1) is 0 Å². The summed E-state index contributed by atoms with van der Waals surface area (Å²) in [7, 11) is 5.74. The minimum atomic E-state index is -0.0108. The first-order chi connectivity index (χ1) is 17.4. The summed E-state index contributed by atoms with van der Waals surface area (Å²) in [5, 5.41) is 3.03. The van der Waals surface area contributed by atoms with E-state index in [1.165, 1.54) is 0 Å². The maximum atomic E-state index is 11.6. The van der Waals surface area contributed by atoms with Crippen molar-refractivity contribution >= 4 is 29.1 Å². The van der Waals surface area contributed by atoms with Gasteiger partial charge in [0.2, 0.25) is 5.91 Å². The largest absolute Gasteiger partial charge is 0.383 e. The summed E-state index contributed by atoms with van der Waals surface area (Å²) in [6, 6.07) is 8.28. The smallest absolute Gasteiger partial charge is 0.217 e. The third kappa shape index (κ3) is 7.38. The van der Waals surface area contributed by atoms with Crippen LogP contribution in [0.4, 0.5) is 5.82 Å². The molecule has 1 saturated heterocycles. The summed E-state index contributed by atoms with van der Waals surface area (Å²) in [6.07, 6.45) is 10.5. The van der Waals surface area contributed by atoms with Crippen LogP contribution in [0.5, 0.6) is 0 Å². The molecule has 1 N–H and O–H groups in total. The molecule has 1 amide bonds. The predicted octanol–water partition coefficient (Wildman–Crippen LogP) is 5.08. The fourth-order valence-electron chi connectivity index (χ4n) is 4.11. The molecular weight excluding hydrogens is 448 g/mol. The van der Waals surface area contributed by atoms with Gasteiger partial charge in [0.15, 0.2) is 5.82 Å². The fourth-order valence-corrected chi connectivity index (χ4v) is 4.11. The minimum Gasteiger partial charge on any atom is -0.383 e. The normalized spacial score (nSPS) is 16.0. The van der Waals surface area contributed by atoms with E-state index in [1.54, 1.807) is 14.0 Å². The van der Waals surface area contributed by atoms with E-state index in [4.69, 9.17) is 9.97 Å². The Morgan fingerprint density at radius 3 is 2.64 bits per heavy atom. The van der Waals surface area contributed by atoms with Gasteiger partial charge in [-0.25, -0.2) is 9.97 Å². The number of aliphatic imine (C=N–C) groups is 1. The van der Waals surface area contributed by atoms with Crippen molar-refractivity contribution in [2.24, 2.45) is 4.99 Å². The highest BCUT2D eigenvalue weighted by Crippen LogP contribution is 2.30. The van der Waals surface area contributed by atoms with Crippen molar-refractivity contribution in [2.75, 3.05) is 39.1 Å². The van der Waals surface area contributed by atoms with E-state index in [2.05, 4.69) is 33.9 Å². The molecule has 1 aliphatic heterocycles. The van der Waals surface area contributed by atoms with Crippen LogP contribution in [0.2, 0.25) is 0 Å². The van der Waals surface area contributed by atoms with E-state index in [-0.39, 0.29) is 11.9 Å². The molecule has 1 unspecified atom stereocenters. The minimum absolute atomic E-state index is 0.0108. The molecule has 1 aromatic heterocycles. The quantitative estimate of drug-likeness (QED) is 0.414. The first kappa shape index (κ1) is 28.5. The van der Waals surface area contributed by atoms with Crippen LogP contribution in [0.3, 0.4) is 0 Å². The lowest BCUT2D eigenvalue weighted by molar-refractivity contribution is -0.119. The van der Waals surface area contributed by atoms with E-state index >= 15 is 0 Å². The number of anilines is 1. The first-order valence-electron chi connectivity index (χ1n) is 12.5. The Hall–Kier alpha value is -3.74. The van der Waals surface area contributed by atoms with Crippen molar-refractivity contribution in [2.45, 2.75) is 40.2 Å². The topological polar surface area (TPSA) is 73.7 Å². The average molecular weight is 489 g/mol. The monoisotopic (exact) mass is 488 g/mol. The second-order valence-corrected chi connectivity index (χ2v) is 8.53. The standard InChI is InChI=1S/C27H34N6O.C2H6/c1-7-20(15-28-4)25-16-29-26(31-27(25)33-13-12-24(18-33)30-19(3)34)23-11-9-10-22(14-23)21(8-2)17-32(5)6;1-2/h7-11,14-17,24H,2,12-13,18H2,1,3-6H3,(H,30,34);1-2H3/b20-7+,21-17+,28-15?;. The van der Waals surface area contributed by atoms with Gasteiger partial charge in [0.05, 0.1) is 0 Å².